The topological polar surface area (TPSA) is 114 Å². The molecular formula is C25H20IN3O5. The van der Waals surface area contributed by atoms with Gasteiger partial charge in [-0.2, -0.15) is 5.26 Å². The van der Waals surface area contributed by atoms with E-state index in [9.17, 15) is 20.2 Å². The molecule has 3 rings (SSSR count). The van der Waals surface area contributed by atoms with Crippen molar-refractivity contribution in [2.24, 2.45) is 0 Å². The Kier molecular flexibility index (Phi) is 8.21. The Hall–Kier alpha value is -3.91. The summed E-state index contributed by atoms with van der Waals surface area (Å²) in [4.78, 5) is 23.2. The molecule has 1 amide bonds. The number of nitriles is 1. The van der Waals surface area contributed by atoms with Crippen molar-refractivity contribution in [1.82, 2.24) is 0 Å². The Bertz CT molecular complexity index is 1310. The fraction of sp³-hybridized carbons (Fsp3) is 0.120. The van der Waals surface area contributed by atoms with Crippen LogP contribution < -0.4 is 14.8 Å². The van der Waals surface area contributed by atoms with Crippen LogP contribution >= 0.6 is 22.6 Å². The summed E-state index contributed by atoms with van der Waals surface area (Å²) < 4.78 is 12.2. The van der Waals surface area contributed by atoms with Gasteiger partial charge in [-0.25, -0.2) is 0 Å². The molecule has 0 aromatic heterocycles. The summed E-state index contributed by atoms with van der Waals surface area (Å²) in [6.45, 7) is 2.36. The molecule has 0 saturated carbocycles. The standard InChI is InChI=1S/C25H20IN3O5/c1-16-7-3-4-8-18(16)15-34-24-20(26)12-17(13-23(24)33-2)11-19(14-27)25(30)28-21-9-5-6-10-22(21)29(31)32/h3-13H,15H2,1-2H3,(H,28,30)/b19-11+. The van der Waals surface area contributed by atoms with Crippen molar-refractivity contribution >= 4 is 45.9 Å². The number of carbonyl (C=O) groups is 1. The van der Waals surface area contributed by atoms with E-state index in [-0.39, 0.29) is 16.9 Å². The van der Waals surface area contributed by atoms with E-state index in [1.807, 2.05) is 37.3 Å². The summed E-state index contributed by atoms with van der Waals surface area (Å²) in [5.74, 6) is 0.236. The number of hydrogen-bond acceptors (Lipinski definition) is 6. The van der Waals surface area contributed by atoms with E-state index in [1.165, 1.54) is 31.4 Å². The first kappa shape index (κ1) is 24.7. The molecule has 9 heteroatoms. The zero-order valence-corrected chi connectivity index (χ0v) is 20.5. The van der Waals surface area contributed by atoms with Crippen molar-refractivity contribution < 1.29 is 19.2 Å². The third-order valence-corrected chi connectivity index (χ3v) is 5.71. The van der Waals surface area contributed by atoms with Crippen LogP contribution in [0.4, 0.5) is 11.4 Å². The average molecular weight is 569 g/mol. The molecule has 1 N–H and O–H groups in total. The minimum atomic E-state index is -0.759. The molecule has 0 aliphatic rings. The van der Waals surface area contributed by atoms with Gasteiger partial charge in [0.2, 0.25) is 0 Å². The number of anilines is 1. The van der Waals surface area contributed by atoms with E-state index < -0.39 is 10.8 Å². The second-order valence-corrected chi connectivity index (χ2v) is 8.31. The maximum Gasteiger partial charge on any atom is 0.292 e. The van der Waals surface area contributed by atoms with Crippen LogP contribution in [0.3, 0.4) is 0 Å². The molecule has 0 saturated heterocycles. The van der Waals surface area contributed by atoms with Gasteiger partial charge >= 0.3 is 0 Å². The minimum Gasteiger partial charge on any atom is -0.493 e. The van der Waals surface area contributed by atoms with Crippen molar-refractivity contribution in [3.63, 3.8) is 0 Å². The van der Waals surface area contributed by atoms with Crippen molar-refractivity contribution in [3.8, 4) is 17.6 Å². The Balaban J connectivity index is 1.85. The second-order valence-electron chi connectivity index (χ2n) is 7.15. The molecule has 0 unspecified atom stereocenters. The predicted molar refractivity (Wildman–Crippen MR) is 137 cm³/mol. The lowest BCUT2D eigenvalue weighted by molar-refractivity contribution is -0.383. The van der Waals surface area contributed by atoms with Gasteiger partial charge in [-0.15, -0.1) is 0 Å². The molecular weight excluding hydrogens is 549 g/mol. The molecule has 0 fully saturated rings. The largest absolute Gasteiger partial charge is 0.493 e. The van der Waals surface area contributed by atoms with Crippen LogP contribution in [0.5, 0.6) is 11.5 Å². The fourth-order valence-electron chi connectivity index (χ4n) is 3.13. The number of nitrogens with zero attached hydrogens (tertiary/aromatic N) is 2. The zero-order chi connectivity index (χ0) is 24.7. The smallest absolute Gasteiger partial charge is 0.292 e. The molecule has 0 radical (unpaired) electrons. The van der Waals surface area contributed by atoms with Gasteiger partial charge in [0.15, 0.2) is 11.5 Å². The number of para-hydroxylation sites is 2. The van der Waals surface area contributed by atoms with Gasteiger partial charge in [0, 0.05) is 6.07 Å². The van der Waals surface area contributed by atoms with Crippen LogP contribution in [0, 0.1) is 31.9 Å². The number of hydrogen-bond donors (Lipinski definition) is 1. The number of nitro groups is 1. The Morgan fingerprint density at radius 3 is 2.59 bits per heavy atom. The van der Waals surface area contributed by atoms with E-state index in [1.54, 1.807) is 18.2 Å². The summed E-state index contributed by atoms with van der Waals surface area (Å²) in [5, 5.41) is 23.1. The van der Waals surface area contributed by atoms with E-state index in [0.29, 0.717) is 23.7 Å². The second kappa shape index (κ2) is 11.3. The normalized spacial score (nSPS) is 10.8. The number of carbonyl (C=O) groups excluding carboxylic acids is 1. The van der Waals surface area contributed by atoms with E-state index >= 15 is 0 Å². The van der Waals surface area contributed by atoms with E-state index in [0.717, 1.165) is 14.7 Å². The minimum absolute atomic E-state index is 0.00534. The highest BCUT2D eigenvalue weighted by atomic mass is 127. The van der Waals surface area contributed by atoms with Gasteiger partial charge in [-0.05, 0) is 70.5 Å². The molecule has 0 heterocycles. The summed E-state index contributed by atoms with van der Waals surface area (Å²) >= 11 is 2.10. The van der Waals surface area contributed by atoms with Crippen molar-refractivity contribution in [2.75, 3.05) is 12.4 Å². The number of nitro benzene ring substituents is 1. The predicted octanol–water partition coefficient (Wildman–Crippen LogP) is 5.64. The summed E-state index contributed by atoms with van der Waals surface area (Å²) in [6, 6.07) is 18.9. The fourth-order valence-corrected chi connectivity index (χ4v) is 3.91. The van der Waals surface area contributed by atoms with Crippen LogP contribution in [-0.4, -0.2) is 17.9 Å². The first-order valence-corrected chi connectivity index (χ1v) is 11.1. The Labute approximate surface area is 210 Å². The lowest BCUT2D eigenvalue weighted by atomic mass is 10.1. The Morgan fingerprint density at radius 2 is 1.91 bits per heavy atom. The van der Waals surface area contributed by atoms with Crippen LogP contribution in [0.15, 0.2) is 66.2 Å². The van der Waals surface area contributed by atoms with Crippen molar-refractivity contribution in [3.05, 3.63) is 96.6 Å². The molecule has 0 bridgehead atoms. The number of benzene rings is 3. The quantitative estimate of drug-likeness (QED) is 0.124. The number of halogens is 1. The number of aryl methyl sites for hydroxylation is 1. The number of rotatable bonds is 8. The first-order chi connectivity index (χ1) is 16.3. The molecule has 34 heavy (non-hydrogen) atoms. The highest BCUT2D eigenvalue weighted by Gasteiger charge is 2.18. The SMILES string of the molecule is COc1cc(/C=C(\C#N)C(=O)Nc2ccccc2[N+](=O)[O-])cc(I)c1OCc1ccccc1C. The zero-order valence-electron chi connectivity index (χ0n) is 18.4. The lowest BCUT2D eigenvalue weighted by Gasteiger charge is -2.15. The molecule has 3 aromatic carbocycles. The van der Waals surface area contributed by atoms with Gasteiger partial charge in [-0.1, -0.05) is 36.4 Å². The molecule has 172 valence electrons. The molecule has 8 nitrogen and oxygen atoms in total. The van der Waals surface area contributed by atoms with E-state index in [2.05, 4.69) is 27.9 Å². The van der Waals surface area contributed by atoms with Crippen molar-refractivity contribution in [2.45, 2.75) is 13.5 Å². The van der Waals surface area contributed by atoms with Crippen LogP contribution in [-0.2, 0) is 11.4 Å². The number of methoxy groups -OCH3 is 1. The van der Waals surface area contributed by atoms with Crippen molar-refractivity contribution in [1.29, 1.82) is 5.26 Å². The Morgan fingerprint density at radius 1 is 1.21 bits per heavy atom. The third kappa shape index (κ3) is 5.90. The van der Waals surface area contributed by atoms with Gasteiger partial charge in [-0.3, -0.25) is 14.9 Å². The van der Waals surface area contributed by atoms with Gasteiger partial charge in [0.05, 0.1) is 15.6 Å². The van der Waals surface area contributed by atoms with E-state index in [4.69, 9.17) is 9.47 Å². The van der Waals surface area contributed by atoms with Crippen LogP contribution in [0.2, 0.25) is 0 Å². The summed E-state index contributed by atoms with van der Waals surface area (Å²) in [6.07, 6.45) is 1.39. The molecule has 0 spiro atoms. The van der Waals surface area contributed by atoms with Gasteiger partial charge in [0.1, 0.15) is 23.9 Å². The summed E-state index contributed by atoms with van der Waals surface area (Å²) in [5.41, 5.74) is 2.22. The maximum atomic E-state index is 12.6. The number of ether oxygens (including phenoxy) is 2. The number of amides is 1. The van der Waals surface area contributed by atoms with Crippen LogP contribution in [0.1, 0.15) is 16.7 Å². The van der Waals surface area contributed by atoms with Crippen LogP contribution in [0.25, 0.3) is 6.08 Å². The molecule has 0 atom stereocenters. The van der Waals surface area contributed by atoms with Gasteiger partial charge in [0.25, 0.3) is 11.6 Å². The monoisotopic (exact) mass is 569 g/mol. The highest BCUT2D eigenvalue weighted by molar-refractivity contribution is 14.1. The maximum absolute atomic E-state index is 12.6. The lowest BCUT2D eigenvalue weighted by Crippen LogP contribution is -2.14. The molecule has 0 aliphatic heterocycles. The number of nitrogens with one attached hydrogen (secondary N) is 1. The third-order valence-electron chi connectivity index (χ3n) is 4.91. The molecule has 3 aromatic rings. The average Bonchev–Trinajstić information content (AvgIpc) is 2.82. The first-order valence-electron chi connectivity index (χ1n) is 10.1. The highest BCUT2D eigenvalue weighted by Crippen LogP contribution is 2.35. The molecule has 0 aliphatic carbocycles. The summed E-state index contributed by atoms with van der Waals surface area (Å²) in [7, 11) is 1.51. The van der Waals surface area contributed by atoms with Gasteiger partial charge < -0.3 is 14.8 Å².